The summed E-state index contributed by atoms with van der Waals surface area (Å²) in [5.74, 6) is -0.183. The van der Waals surface area contributed by atoms with Gasteiger partial charge in [0.25, 0.3) is 0 Å². The fourth-order valence-electron chi connectivity index (χ4n) is 2.98. The van der Waals surface area contributed by atoms with E-state index in [9.17, 15) is 9.90 Å². The van der Waals surface area contributed by atoms with Gasteiger partial charge in [0.05, 0.1) is 18.6 Å². The van der Waals surface area contributed by atoms with E-state index in [1.807, 2.05) is 20.9 Å². The average molecular weight is 271 g/mol. The highest BCUT2D eigenvalue weighted by Gasteiger charge is 2.36. The zero-order valence-corrected chi connectivity index (χ0v) is 12.8. The maximum atomic E-state index is 11.4. The summed E-state index contributed by atoms with van der Waals surface area (Å²) in [6.07, 6.45) is 4.26. The van der Waals surface area contributed by atoms with Gasteiger partial charge in [-0.15, -0.1) is 0 Å². The van der Waals surface area contributed by atoms with Crippen molar-refractivity contribution >= 4 is 5.97 Å². The third-order valence-corrected chi connectivity index (χ3v) is 4.28. The molecule has 3 atom stereocenters. The number of rotatable bonds is 7. The number of likely N-dealkylation sites (N-methyl/N-ethyl adjacent to an activating group) is 1. The summed E-state index contributed by atoms with van der Waals surface area (Å²) >= 11 is 0. The van der Waals surface area contributed by atoms with E-state index in [0.717, 1.165) is 32.2 Å². The molecule has 0 spiro atoms. The molecule has 0 aromatic heterocycles. The van der Waals surface area contributed by atoms with E-state index in [0.29, 0.717) is 12.5 Å². The summed E-state index contributed by atoms with van der Waals surface area (Å²) in [7, 11) is 2.03. The van der Waals surface area contributed by atoms with E-state index in [4.69, 9.17) is 4.74 Å². The number of ether oxygens (including phenoxy) is 1. The molecule has 0 aromatic carbocycles. The van der Waals surface area contributed by atoms with E-state index in [1.165, 1.54) is 0 Å². The van der Waals surface area contributed by atoms with Gasteiger partial charge in [0.1, 0.15) is 0 Å². The van der Waals surface area contributed by atoms with Gasteiger partial charge in [0.15, 0.2) is 0 Å². The number of hydrogen-bond acceptors (Lipinski definition) is 3. The molecule has 0 amide bonds. The number of carbonyl (C=O) groups is 1. The predicted molar refractivity (Wildman–Crippen MR) is 76.3 cm³/mol. The molecule has 1 aliphatic carbocycles. The van der Waals surface area contributed by atoms with Crippen LogP contribution < -0.4 is 0 Å². The molecule has 19 heavy (non-hydrogen) atoms. The van der Waals surface area contributed by atoms with Crippen molar-refractivity contribution in [2.24, 2.45) is 11.8 Å². The van der Waals surface area contributed by atoms with Crippen molar-refractivity contribution in [1.29, 1.82) is 0 Å². The highest BCUT2D eigenvalue weighted by atomic mass is 16.5. The number of aliphatic carboxylic acids is 1. The molecular formula is C15H29NO3. The molecule has 3 unspecified atom stereocenters. The smallest absolute Gasteiger partial charge is 0.308 e. The highest BCUT2D eigenvalue weighted by Crippen LogP contribution is 2.33. The maximum absolute atomic E-state index is 11.4. The van der Waals surface area contributed by atoms with Crippen molar-refractivity contribution in [3.63, 3.8) is 0 Å². The topological polar surface area (TPSA) is 49.8 Å². The number of carboxylic acids is 1. The van der Waals surface area contributed by atoms with Crippen LogP contribution in [0.15, 0.2) is 0 Å². The van der Waals surface area contributed by atoms with Crippen LogP contribution >= 0.6 is 0 Å². The zero-order chi connectivity index (χ0) is 14.4. The van der Waals surface area contributed by atoms with E-state index in [1.54, 1.807) is 0 Å². The highest BCUT2D eigenvalue weighted by molar-refractivity contribution is 5.71. The monoisotopic (exact) mass is 271 g/mol. The van der Waals surface area contributed by atoms with Crippen LogP contribution in [0, 0.1) is 11.8 Å². The maximum Gasteiger partial charge on any atom is 0.308 e. The Morgan fingerprint density at radius 1 is 1.42 bits per heavy atom. The Morgan fingerprint density at radius 2 is 2.11 bits per heavy atom. The molecule has 1 rings (SSSR count). The average Bonchev–Trinajstić information content (AvgIpc) is 2.37. The van der Waals surface area contributed by atoms with Gasteiger partial charge in [-0.05, 0) is 46.1 Å². The van der Waals surface area contributed by atoms with Crippen LogP contribution in [0.1, 0.15) is 46.5 Å². The Bertz CT molecular complexity index is 281. The summed E-state index contributed by atoms with van der Waals surface area (Å²) in [5.41, 5.74) is 0. The fraction of sp³-hybridized carbons (Fsp3) is 0.933. The Hall–Kier alpha value is -0.610. The molecule has 112 valence electrons. The first-order chi connectivity index (χ1) is 8.95. The lowest BCUT2D eigenvalue weighted by Crippen LogP contribution is -2.46. The normalized spacial score (nSPS) is 28.0. The van der Waals surface area contributed by atoms with Crippen LogP contribution in [0.25, 0.3) is 0 Å². The predicted octanol–water partition coefficient (Wildman–Crippen LogP) is 2.62. The molecule has 4 heteroatoms. The lowest BCUT2D eigenvalue weighted by molar-refractivity contribution is -0.146. The number of nitrogens with zero attached hydrogens (tertiary/aromatic N) is 1. The second-order valence-electron chi connectivity index (χ2n) is 6.00. The van der Waals surface area contributed by atoms with Gasteiger partial charge in [0, 0.05) is 12.6 Å². The van der Waals surface area contributed by atoms with E-state index < -0.39 is 5.97 Å². The molecular weight excluding hydrogens is 242 g/mol. The van der Waals surface area contributed by atoms with Crippen molar-refractivity contribution in [2.45, 2.75) is 58.6 Å². The van der Waals surface area contributed by atoms with Crippen LogP contribution in [0.5, 0.6) is 0 Å². The first kappa shape index (κ1) is 16.4. The molecule has 1 N–H and O–H groups in total. The van der Waals surface area contributed by atoms with Crippen LogP contribution in [-0.4, -0.2) is 48.3 Å². The molecule has 1 fully saturated rings. The van der Waals surface area contributed by atoms with Crippen LogP contribution in [0.4, 0.5) is 0 Å². The molecule has 0 aliphatic heterocycles. The van der Waals surface area contributed by atoms with Crippen molar-refractivity contribution in [1.82, 2.24) is 4.90 Å². The third-order valence-electron chi connectivity index (χ3n) is 4.28. The fourth-order valence-corrected chi connectivity index (χ4v) is 2.98. The van der Waals surface area contributed by atoms with Gasteiger partial charge in [-0.1, -0.05) is 13.3 Å². The van der Waals surface area contributed by atoms with E-state index in [2.05, 4.69) is 11.8 Å². The van der Waals surface area contributed by atoms with Crippen molar-refractivity contribution < 1.29 is 14.6 Å². The first-order valence-electron chi connectivity index (χ1n) is 7.50. The second kappa shape index (κ2) is 7.85. The van der Waals surface area contributed by atoms with Crippen LogP contribution in [0.3, 0.4) is 0 Å². The van der Waals surface area contributed by atoms with Crippen LogP contribution in [-0.2, 0) is 9.53 Å². The van der Waals surface area contributed by atoms with Gasteiger partial charge >= 0.3 is 5.97 Å². The number of carboxylic acid groups (broad SMARTS) is 1. The molecule has 4 nitrogen and oxygen atoms in total. The standard InChI is InChI=1S/C15H29NO3/c1-5-12-6-7-13(15(17)18)14(10-12)16(4)8-9-19-11(2)3/h11-14H,5-10H2,1-4H3,(H,17,18). The van der Waals surface area contributed by atoms with Gasteiger partial charge in [-0.25, -0.2) is 0 Å². The zero-order valence-electron chi connectivity index (χ0n) is 12.8. The van der Waals surface area contributed by atoms with Gasteiger partial charge < -0.3 is 14.7 Å². The summed E-state index contributed by atoms with van der Waals surface area (Å²) in [4.78, 5) is 13.6. The van der Waals surface area contributed by atoms with Crippen molar-refractivity contribution in [3.8, 4) is 0 Å². The molecule has 0 aromatic rings. The van der Waals surface area contributed by atoms with Crippen molar-refractivity contribution in [3.05, 3.63) is 0 Å². The quantitative estimate of drug-likeness (QED) is 0.773. The summed E-state index contributed by atoms with van der Waals surface area (Å²) in [6, 6.07) is 0.159. The molecule has 1 aliphatic rings. The van der Waals surface area contributed by atoms with Crippen molar-refractivity contribution in [2.75, 3.05) is 20.2 Å². The summed E-state index contributed by atoms with van der Waals surface area (Å²) in [5, 5.41) is 9.37. The summed E-state index contributed by atoms with van der Waals surface area (Å²) in [6.45, 7) is 7.73. The molecule has 0 heterocycles. The lowest BCUT2D eigenvalue weighted by atomic mass is 9.76. The largest absolute Gasteiger partial charge is 0.481 e. The minimum absolute atomic E-state index is 0.159. The molecule has 0 bridgehead atoms. The minimum Gasteiger partial charge on any atom is -0.481 e. The Balaban J connectivity index is 2.54. The molecule has 0 saturated heterocycles. The van der Waals surface area contributed by atoms with Gasteiger partial charge in [0.2, 0.25) is 0 Å². The van der Waals surface area contributed by atoms with E-state index >= 15 is 0 Å². The molecule has 1 saturated carbocycles. The Labute approximate surface area is 117 Å². The number of hydrogen-bond donors (Lipinski definition) is 1. The van der Waals surface area contributed by atoms with Crippen LogP contribution in [0.2, 0.25) is 0 Å². The Morgan fingerprint density at radius 3 is 2.63 bits per heavy atom. The second-order valence-corrected chi connectivity index (χ2v) is 6.00. The SMILES string of the molecule is CCC1CCC(C(=O)O)C(N(C)CCOC(C)C)C1. The minimum atomic E-state index is -0.642. The van der Waals surface area contributed by atoms with Gasteiger partial charge in [-0.3, -0.25) is 4.79 Å². The van der Waals surface area contributed by atoms with Gasteiger partial charge in [-0.2, -0.15) is 0 Å². The Kier molecular flexibility index (Phi) is 6.80. The van der Waals surface area contributed by atoms with E-state index in [-0.39, 0.29) is 18.1 Å². The first-order valence-corrected chi connectivity index (χ1v) is 7.50. The molecule has 0 radical (unpaired) electrons. The lowest BCUT2D eigenvalue weighted by Gasteiger charge is -2.39. The summed E-state index contributed by atoms with van der Waals surface area (Å²) < 4.78 is 5.56. The third kappa shape index (κ3) is 5.11.